The Morgan fingerprint density at radius 1 is 0.723 bits per heavy atom. The minimum absolute atomic E-state index is 0.166. The van der Waals surface area contributed by atoms with Crippen LogP contribution >= 0.6 is 0 Å². The lowest BCUT2D eigenvalue weighted by Crippen LogP contribution is -2.22. The quantitative estimate of drug-likeness (QED) is 0.146. The molecule has 0 aliphatic rings. The molecule has 226 valence electrons. The lowest BCUT2D eigenvalue weighted by Gasteiger charge is -2.11. The fourth-order valence-corrected chi connectivity index (χ4v) is 6.22. The number of hydrogen-bond donors (Lipinski definition) is 1. The van der Waals surface area contributed by atoms with Crippen molar-refractivity contribution in [3.8, 4) is 11.1 Å². The Labute approximate surface area is 269 Å². The molecule has 0 bridgehead atoms. The third-order valence-corrected chi connectivity index (χ3v) is 8.52. The van der Waals surface area contributed by atoms with Crippen LogP contribution in [0, 0.1) is 0 Å². The maximum absolute atomic E-state index is 13.7. The molecule has 0 unspecified atom stereocenters. The van der Waals surface area contributed by atoms with Crippen molar-refractivity contribution in [3.63, 3.8) is 0 Å². The monoisotopic (exact) mass is 612 g/mol. The van der Waals surface area contributed by atoms with Gasteiger partial charge in [0.05, 0.1) is 36.1 Å². The van der Waals surface area contributed by atoms with Gasteiger partial charge in [-0.15, -0.1) is 5.10 Å². The Balaban J connectivity index is 1.08. The first-order valence-corrected chi connectivity index (χ1v) is 15.3. The van der Waals surface area contributed by atoms with Gasteiger partial charge in [0.15, 0.2) is 0 Å². The lowest BCUT2D eigenvalue weighted by atomic mass is 9.97. The summed E-state index contributed by atoms with van der Waals surface area (Å²) in [6.07, 6.45) is 7.15. The SMILES string of the molecule is O=C(NCc1cn(Cc2c3ccccc3cc3ccccc23)nn1)c1cc(C(=O)c2ccccc2)n2ccc(-c3ccncc3)cc12. The number of fused-ring (bicyclic) bond motifs is 3. The van der Waals surface area contributed by atoms with Gasteiger partial charge in [0, 0.05) is 24.2 Å². The number of ketones is 1. The highest BCUT2D eigenvalue weighted by Gasteiger charge is 2.21. The van der Waals surface area contributed by atoms with E-state index in [1.54, 1.807) is 39.7 Å². The second kappa shape index (κ2) is 11.8. The number of hydrogen-bond acceptors (Lipinski definition) is 5. The van der Waals surface area contributed by atoms with Gasteiger partial charge in [0.2, 0.25) is 5.78 Å². The average molecular weight is 613 g/mol. The minimum atomic E-state index is -0.309. The Hall–Kier alpha value is -6.41. The van der Waals surface area contributed by atoms with Crippen molar-refractivity contribution in [1.82, 2.24) is 29.7 Å². The third kappa shape index (κ3) is 5.32. The van der Waals surface area contributed by atoms with Gasteiger partial charge in [-0.2, -0.15) is 0 Å². The number of carbonyl (C=O) groups excluding carboxylic acids is 2. The Kier molecular flexibility index (Phi) is 7.07. The van der Waals surface area contributed by atoms with Crippen molar-refractivity contribution in [2.24, 2.45) is 0 Å². The van der Waals surface area contributed by atoms with E-state index in [9.17, 15) is 9.59 Å². The fraction of sp³-hybridized carbons (Fsp3) is 0.0513. The molecule has 0 aliphatic carbocycles. The first-order valence-electron chi connectivity index (χ1n) is 15.3. The summed E-state index contributed by atoms with van der Waals surface area (Å²) >= 11 is 0. The fourth-order valence-electron chi connectivity index (χ4n) is 6.22. The number of carbonyl (C=O) groups is 2. The number of amides is 1. The Bertz CT molecular complexity index is 2380. The number of pyridine rings is 2. The highest BCUT2D eigenvalue weighted by Crippen LogP contribution is 2.29. The van der Waals surface area contributed by atoms with Gasteiger partial charge in [-0.1, -0.05) is 84.1 Å². The summed E-state index contributed by atoms with van der Waals surface area (Å²) in [6.45, 7) is 0.716. The van der Waals surface area contributed by atoms with E-state index in [-0.39, 0.29) is 18.2 Å². The predicted molar refractivity (Wildman–Crippen MR) is 182 cm³/mol. The lowest BCUT2D eigenvalue weighted by molar-refractivity contribution is 0.0952. The van der Waals surface area contributed by atoms with Gasteiger partial charge in [0.25, 0.3) is 5.91 Å². The van der Waals surface area contributed by atoms with E-state index in [0.717, 1.165) is 11.1 Å². The molecule has 4 aromatic heterocycles. The normalized spacial score (nSPS) is 11.3. The second-order valence-electron chi connectivity index (χ2n) is 11.4. The molecule has 8 rings (SSSR count). The van der Waals surface area contributed by atoms with Crippen LogP contribution in [0.1, 0.15) is 37.7 Å². The number of benzene rings is 4. The Morgan fingerprint density at radius 3 is 2.17 bits per heavy atom. The largest absolute Gasteiger partial charge is 0.346 e. The van der Waals surface area contributed by atoms with Crippen LogP contribution in [0.25, 0.3) is 38.2 Å². The maximum atomic E-state index is 13.7. The van der Waals surface area contributed by atoms with E-state index in [4.69, 9.17) is 0 Å². The highest BCUT2D eigenvalue weighted by atomic mass is 16.1. The van der Waals surface area contributed by atoms with E-state index in [2.05, 4.69) is 50.9 Å². The van der Waals surface area contributed by atoms with Crippen molar-refractivity contribution < 1.29 is 9.59 Å². The summed E-state index contributed by atoms with van der Waals surface area (Å²) in [5, 5.41) is 16.4. The van der Waals surface area contributed by atoms with E-state index in [1.165, 1.54) is 27.1 Å². The van der Waals surface area contributed by atoms with Crippen LogP contribution in [-0.4, -0.2) is 36.1 Å². The molecule has 0 radical (unpaired) electrons. The molecular formula is C39H28N6O2. The summed E-state index contributed by atoms with van der Waals surface area (Å²) in [4.78, 5) is 31.4. The average Bonchev–Trinajstić information content (AvgIpc) is 3.75. The number of nitrogens with zero attached hydrogens (tertiary/aromatic N) is 5. The van der Waals surface area contributed by atoms with E-state index < -0.39 is 0 Å². The van der Waals surface area contributed by atoms with Gasteiger partial charge in [-0.25, -0.2) is 4.68 Å². The van der Waals surface area contributed by atoms with Gasteiger partial charge in [-0.3, -0.25) is 14.6 Å². The third-order valence-electron chi connectivity index (χ3n) is 8.52. The number of rotatable bonds is 8. The number of nitrogens with one attached hydrogen (secondary N) is 1. The summed E-state index contributed by atoms with van der Waals surface area (Å²) in [6, 6.07) is 37.3. The van der Waals surface area contributed by atoms with Crippen LogP contribution < -0.4 is 5.32 Å². The number of aromatic nitrogens is 5. The summed E-state index contributed by atoms with van der Waals surface area (Å²) in [7, 11) is 0. The molecular weight excluding hydrogens is 584 g/mol. The molecule has 1 N–H and O–H groups in total. The van der Waals surface area contributed by atoms with Gasteiger partial charge in [-0.05, 0) is 74.6 Å². The molecule has 4 heterocycles. The first-order chi connectivity index (χ1) is 23.1. The molecule has 0 saturated heterocycles. The summed E-state index contributed by atoms with van der Waals surface area (Å²) < 4.78 is 3.58. The molecule has 0 atom stereocenters. The zero-order valence-corrected chi connectivity index (χ0v) is 25.2. The summed E-state index contributed by atoms with van der Waals surface area (Å²) in [5.41, 5.74) is 5.65. The molecule has 4 aromatic carbocycles. The molecule has 0 spiro atoms. The molecule has 0 fully saturated rings. The van der Waals surface area contributed by atoms with Crippen LogP contribution in [-0.2, 0) is 13.1 Å². The van der Waals surface area contributed by atoms with Gasteiger partial charge < -0.3 is 9.72 Å². The first kappa shape index (κ1) is 28.1. The minimum Gasteiger partial charge on any atom is -0.346 e. The van der Waals surface area contributed by atoms with E-state index in [0.29, 0.717) is 34.6 Å². The van der Waals surface area contributed by atoms with Crippen molar-refractivity contribution in [2.75, 3.05) is 0 Å². The van der Waals surface area contributed by atoms with Crippen LogP contribution in [0.3, 0.4) is 0 Å². The van der Waals surface area contributed by atoms with Crippen LogP contribution in [0.15, 0.2) is 140 Å². The predicted octanol–water partition coefficient (Wildman–Crippen LogP) is 7.11. The zero-order chi connectivity index (χ0) is 31.7. The molecule has 1 amide bonds. The van der Waals surface area contributed by atoms with Crippen molar-refractivity contribution >= 4 is 38.8 Å². The van der Waals surface area contributed by atoms with Crippen molar-refractivity contribution in [1.29, 1.82) is 0 Å². The zero-order valence-electron chi connectivity index (χ0n) is 25.2. The summed E-state index contributed by atoms with van der Waals surface area (Å²) in [5.74, 6) is -0.476. The molecule has 8 heteroatoms. The molecule has 8 nitrogen and oxygen atoms in total. The van der Waals surface area contributed by atoms with E-state index in [1.807, 2.05) is 79.1 Å². The van der Waals surface area contributed by atoms with Crippen LogP contribution in [0.5, 0.6) is 0 Å². The maximum Gasteiger partial charge on any atom is 0.253 e. The Morgan fingerprint density at radius 2 is 1.43 bits per heavy atom. The molecule has 0 saturated carbocycles. The van der Waals surface area contributed by atoms with Crippen LogP contribution in [0.4, 0.5) is 0 Å². The molecule has 8 aromatic rings. The smallest absolute Gasteiger partial charge is 0.253 e. The standard InChI is InChI=1S/C39H28N6O2/c46-38(27-8-2-1-3-9-27)37-22-34(36-21-28(16-19-45(36)37)26-14-17-40-18-15-26)39(47)41-23-31-24-44(43-42-31)25-35-32-12-6-4-10-29(32)20-30-11-5-7-13-33(30)35/h1-22,24H,23,25H2,(H,41,47). The van der Waals surface area contributed by atoms with E-state index >= 15 is 0 Å². The van der Waals surface area contributed by atoms with Gasteiger partial charge >= 0.3 is 0 Å². The highest BCUT2D eigenvalue weighted by molar-refractivity contribution is 6.12. The van der Waals surface area contributed by atoms with Crippen molar-refractivity contribution in [2.45, 2.75) is 13.1 Å². The van der Waals surface area contributed by atoms with Gasteiger partial charge in [0.1, 0.15) is 5.69 Å². The molecule has 47 heavy (non-hydrogen) atoms. The van der Waals surface area contributed by atoms with Crippen molar-refractivity contribution in [3.05, 3.63) is 168 Å². The topological polar surface area (TPSA) is 94.2 Å². The van der Waals surface area contributed by atoms with Crippen LogP contribution in [0.2, 0.25) is 0 Å². The second-order valence-corrected chi connectivity index (χ2v) is 11.4. The molecule has 0 aliphatic heterocycles.